The summed E-state index contributed by atoms with van der Waals surface area (Å²) < 4.78 is 0. The van der Waals surface area contributed by atoms with Crippen LogP contribution in [0.2, 0.25) is 0 Å². The average Bonchev–Trinajstić information content (AvgIpc) is 2.92. The maximum Gasteiger partial charge on any atom is 0.307 e. The quantitative estimate of drug-likeness (QED) is 0.813. The summed E-state index contributed by atoms with van der Waals surface area (Å²) in [6.07, 6.45) is 6.27. The number of carboxylic acid groups (broad SMARTS) is 1. The van der Waals surface area contributed by atoms with E-state index in [4.69, 9.17) is 0 Å². The smallest absolute Gasteiger partial charge is 0.307 e. The number of nitrogens with zero attached hydrogens (tertiary/aromatic N) is 1. The first-order chi connectivity index (χ1) is 8.68. The maximum absolute atomic E-state index is 12.6. The molecule has 0 aromatic carbocycles. The topological polar surface area (TPSA) is 57.6 Å². The first kappa shape index (κ1) is 12.0. The fraction of sp³-hybridized carbons (Fsp3) is 0.857. The van der Waals surface area contributed by atoms with Gasteiger partial charge in [-0.1, -0.05) is 0 Å². The zero-order chi connectivity index (χ0) is 12.7. The Kier molecular flexibility index (Phi) is 3.04. The Morgan fingerprint density at radius 2 is 1.39 bits per heavy atom. The Labute approximate surface area is 107 Å². The predicted molar refractivity (Wildman–Crippen MR) is 65.9 cm³/mol. The minimum atomic E-state index is -0.748. The lowest BCUT2D eigenvalue weighted by atomic mass is 9.58. The van der Waals surface area contributed by atoms with E-state index in [1.165, 1.54) is 0 Å². The zero-order valence-corrected chi connectivity index (χ0v) is 10.7. The van der Waals surface area contributed by atoms with Gasteiger partial charge in [0.05, 0.1) is 11.8 Å². The number of carboxylic acids is 1. The first-order valence-electron chi connectivity index (χ1n) is 7.20. The van der Waals surface area contributed by atoms with Crippen LogP contribution in [0.4, 0.5) is 0 Å². The average molecular weight is 251 g/mol. The third-order valence-corrected chi connectivity index (χ3v) is 5.21. The summed E-state index contributed by atoms with van der Waals surface area (Å²) in [5.74, 6) is -0.691. The van der Waals surface area contributed by atoms with Gasteiger partial charge in [0.15, 0.2) is 0 Å². The molecule has 3 saturated carbocycles. The van der Waals surface area contributed by atoms with Gasteiger partial charge < -0.3 is 10.0 Å². The molecule has 0 radical (unpaired) electrons. The van der Waals surface area contributed by atoms with Gasteiger partial charge in [-0.2, -0.15) is 0 Å². The van der Waals surface area contributed by atoms with E-state index in [0.717, 1.165) is 51.6 Å². The van der Waals surface area contributed by atoms with Crippen molar-refractivity contribution < 1.29 is 14.7 Å². The minimum Gasteiger partial charge on any atom is -0.481 e. The van der Waals surface area contributed by atoms with Crippen molar-refractivity contribution in [1.29, 1.82) is 0 Å². The van der Waals surface area contributed by atoms with Gasteiger partial charge in [0.25, 0.3) is 0 Å². The van der Waals surface area contributed by atoms with Gasteiger partial charge in [0, 0.05) is 13.1 Å². The third-order valence-electron chi connectivity index (χ3n) is 5.21. The lowest BCUT2D eigenvalue weighted by Gasteiger charge is -2.46. The van der Waals surface area contributed by atoms with E-state index >= 15 is 0 Å². The monoisotopic (exact) mass is 251 g/mol. The number of aliphatic carboxylic acids is 1. The molecule has 100 valence electrons. The van der Waals surface area contributed by atoms with Crippen LogP contribution in [0.25, 0.3) is 0 Å². The molecule has 4 fully saturated rings. The highest BCUT2D eigenvalue weighted by molar-refractivity contribution is 5.86. The van der Waals surface area contributed by atoms with Gasteiger partial charge in [-0.05, 0) is 50.4 Å². The van der Waals surface area contributed by atoms with Crippen LogP contribution < -0.4 is 0 Å². The van der Waals surface area contributed by atoms with Gasteiger partial charge in [-0.3, -0.25) is 9.59 Å². The van der Waals surface area contributed by atoms with Gasteiger partial charge in [0.1, 0.15) is 0 Å². The van der Waals surface area contributed by atoms with Gasteiger partial charge in [-0.25, -0.2) is 0 Å². The molecular weight excluding hydrogens is 230 g/mol. The lowest BCUT2D eigenvalue weighted by molar-refractivity contribution is -0.161. The normalized spacial score (nSPS) is 39.0. The second-order valence-electron chi connectivity index (χ2n) is 6.10. The molecule has 4 heteroatoms. The standard InChI is InChI=1S/C14H21NO3/c16-13(15-7-1-2-8-15)11-9-3-5-10(6-4-9)12(11)14(17)18/h9-12H,1-8H2,(H,17,18). The second kappa shape index (κ2) is 4.56. The molecule has 0 spiro atoms. The summed E-state index contributed by atoms with van der Waals surface area (Å²) in [5.41, 5.74) is 0. The van der Waals surface area contributed by atoms with Crippen molar-refractivity contribution in [1.82, 2.24) is 4.90 Å². The van der Waals surface area contributed by atoms with Crippen molar-refractivity contribution in [2.45, 2.75) is 38.5 Å². The maximum atomic E-state index is 12.6. The summed E-state index contributed by atoms with van der Waals surface area (Å²) in [6.45, 7) is 1.66. The van der Waals surface area contributed by atoms with Crippen molar-refractivity contribution in [2.75, 3.05) is 13.1 Å². The highest BCUT2D eigenvalue weighted by Gasteiger charge is 2.51. The number of amides is 1. The summed E-state index contributed by atoms with van der Waals surface area (Å²) in [7, 11) is 0. The van der Waals surface area contributed by atoms with E-state index in [9.17, 15) is 14.7 Å². The van der Waals surface area contributed by atoms with E-state index < -0.39 is 11.9 Å². The number of hydrogen-bond acceptors (Lipinski definition) is 2. The third kappa shape index (κ3) is 1.82. The van der Waals surface area contributed by atoms with Crippen molar-refractivity contribution in [3.8, 4) is 0 Å². The lowest BCUT2D eigenvalue weighted by Crippen LogP contribution is -2.51. The van der Waals surface area contributed by atoms with E-state index in [0.29, 0.717) is 5.92 Å². The molecular formula is C14H21NO3. The largest absolute Gasteiger partial charge is 0.481 e. The molecule has 1 heterocycles. The van der Waals surface area contributed by atoms with Crippen LogP contribution in [0, 0.1) is 23.7 Å². The molecule has 2 atom stereocenters. The van der Waals surface area contributed by atoms with Crippen molar-refractivity contribution >= 4 is 11.9 Å². The molecule has 0 aromatic rings. The summed E-state index contributed by atoms with van der Waals surface area (Å²) in [5, 5.41) is 9.45. The fourth-order valence-corrected chi connectivity index (χ4v) is 4.31. The number of carbonyl (C=O) groups is 2. The SMILES string of the molecule is O=C(O)C1C2CCC(CC2)C1C(=O)N1CCCC1. The molecule has 0 aromatic heterocycles. The second-order valence-corrected chi connectivity index (χ2v) is 6.10. The van der Waals surface area contributed by atoms with Crippen LogP contribution in [0.15, 0.2) is 0 Å². The van der Waals surface area contributed by atoms with Crippen LogP contribution in [0.5, 0.6) is 0 Å². The Hall–Kier alpha value is -1.06. The molecule has 4 nitrogen and oxygen atoms in total. The molecule has 2 unspecified atom stereocenters. The van der Waals surface area contributed by atoms with Gasteiger partial charge in [0.2, 0.25) is 5.91 Å². The number of likely N-dealkylation sites (tertiary alicyclic amines) is 1. The number of rotatable bonds is 2. The Morgan fingerprint density at radius 3 is 1.89 bits per heavy atom. The molecule has 1 saturated heterocycles. The fourth-order valence-electron chi connectivity index (χ4n) is 4.31. The molecule has 2 bridgehead atoms. The molecule has 4 aliphatic rings. The summed E-state index contributed by atoms with van der Waals surface area (Å²) in [6, 6.07) is 0. The minimum absolute atomic E-state index is 0.134. The van der Waals surface area contributed by atoms with Crippen LogP contribution in [-0.4, -0.2) is 35.0 Å². The van der Waals surface area contributed by atoms with Crippen LogP contribution in [0.1, 0.15) is 38.5 Å². The van der Waals surface area contributed by atoms with Crippen LogP contribution in [0.3, 0.4) is 0 Å². The summed E-state index contributed by atoms with van der Waals surface area (Å²) in [4.78, 5) is 26.0. The highest BCUT2D eigenvalue weighted by atomic mass is 16.4. The summed E-state index contributed by atoms with van der Waals surface area (Å²) >= 11 is 0. The van der Waals surface area contributed by atoms with Crippen molar-refractivity contribution in [3.05, 3.63) is 0 Å². The number of fused-ring (bicyclic) bond motifs is 3. The Morgan fingerprint density at radius 1 is 0.889 bits per heavy atom. The Balaban J connectivity index is 1.83. The molecule has 4 rings (SSSR count). The molecule has 1 aliphatic heterocycles. The van der Waals surface area contributed by atoms with E-state index in [2.05, 4.69) is 0 Å². The zero-order valence-electron chi connectivity index (χ0n) is 10.7. The predicted octanol–water partition coefficient (Wildman–Crippen LogP) is 1.75. The van der Waals surface area contributed by atoms with Crippen LogP contribution in [-0.2, 0) is 9.59 Å². The number of carbonyl (C=O) groups excluding carboxylic acids is 1. The van der Waals surface area contributed by atoms with Crippen LogP contribution >= 0.6 is 0 Å². The van der Waals surface area contributed by atoms with E-state index in [1.54, 1.807) is 0 Å². The highest BCUT2D eigenvalue weighted by Crippen LogP contribution is 2.49. The van der Waals surface area contributed by atoms with Gasteiger partial charge >= 0.3 is 5.97 Å². The molecule has 1 N–H and O–H groups in total. The first-order valence-corrected chi connectivity index (χ1v) is 7.20. The van der Waals surface area contributed by atoms with E-state index in [1.807, 2.05) is 4.90 Å². The molecule has 3 aliphatic carbocycles. The molecule has 1 amide bonds. The van der Waals surface area contributed by atoms with Crippen molar-refractivity contribution in [2.24, 2.45) is 23.7 Å². The number of hydrogen-bond donors (Lipinski definition) is 1. The van der Waals surface area contributed by atoms with E-state index in [-0.39, 0.29) is 17.7 Å². The molecule has 18 heavy (non-hydrogen) atoms. The van der Waals surface area contributed by atoms with Crippen molar-refractivity contribution in [3.63, 3.8) is 0 Å². The van der Waals surface area contributed by atoms with Gasteiger partial charge in [-0.15, -0.1) is 0 Å². The Bertz CT molecular complexity index is 354.